The molecule has 0 saturated carbocycles. The summed E-state index contributed by atoms with van der Waals surface area (Å²) in [6.07, 6.45) is 2.28. The smallest absolute Gasteiger partial charge is 0.367 e. The quantitative estimate of drug-likeness (QED) is 0.608. The summed E-state index contributed by atoms with van der Waals surface area (Å²) in [5.41, 5.74) is 0. The van der Waals surface area contributed by atoms with Crippen molar-refractivity contribution in [2.45, 2.75) is 18.1 Å². The maximum Gasteiger partial charge on any atom is 0.367 e. The van der Waals surface area contributed by atoms with E-state index in [9.17, 15) is 4.79 Å². The van der Waals surface area contributed by atoms with Crippen LogP contribution in [0.3, 0.4) is 0 Å². The number of nitrogens with one attached hydrogen (secondary N) is 1. The molecule has 0 aliphatic carbocycles. The minimum Gasteiger partial charge on any atom is -0.461 e. The van der Waals surface area contributed by atoms with E-state index in [1.807, 2.05) is 0 Å². The maximum absolute atomic E-state index is 10.8. The molecule has 0 radical (unpaired) electrons. The molecular formula is C7H13NO2S. The van der Waals surface area contributed by atoms with Gasteiger partial charge in [0.05, 0.1) is 7.11 Å². The van der Waals surface area contributed by atoms with Gasteiger partial charge in [-0.2, -0.15) is 0 Å². The molecule has 1 rings (SSSR count). The summed E-state index contributed by atoms with van der Waals surface area (Å²) in [5, 5.41) is 3.48. The SMILES string of the molecule is COC(=O)SC1CCCNC1. The van der Waals surface area contributed by atoms with Crippen LogP contribution in [0.15, 0.2) is 0 Å². The molecule has 0 spiro atoms. The van der Waals surface area contributed by atoms with Crippen molar-refractivity contribution in [3.8, 4) is 0 Å². The summed E-state index contributed by atoms with van der Waals surface area (Å²) in [5.74, 6) is 0. The summed E-state index contributed by atoms with van der Waals surface area (Å²) in [6, 6.07) is 0. The van der Waals surface area contributed by atoms with Gasteiger partial charge in [0, 0.05) is 11.8 Å². The molecule has 1 fully saturated rings. The third-order valence-electron chi connectivity index (χ3n) is 1.68. The molecule has 0 aromatic carbocycles. The predicted molar refractivity (Wildman–Crippen MR) is 45.9 cm³/mol. The first-order valence-electron chi connectivity index (χ1n) is 3.78. The summed E-state index contributed by atoms with van der Waals surface area (Å²) in [6.45, 7) is 2.01. The summed E-state index contributed by atoms with van der Waals surface area (Å²) in [7, 11) is 1.42. The van der Waals surface area contributed by atoms with E-state index >= 15 is 0 Å². The Morgan fingerprint density at radius 1 is 1.73 bits per heavy atom. The van der Waals surface area contributed by atoms with Crippen LogP contribution in [0.2, 0.25) is 0 Å². The van der Waals surface area contributed by atoms with Gasteiger partial charge in [0.2, 0.25) is 0 Å². The fraction of sp³-hybridized carbons (Fsp3) is 0.857. The summed E-state index contributed by atoms with van der Waals surface area (Å²) < 4.78 is 4.55. The first-order chi connectivity index (χ1) is 5.33. The van der Waals surface area contributed by atoms with Crippen molar-refractivity contribution >= 4 is 17.1 Å². The lowest BCUT2D eigenvalue weighted by Gasteiger charge is -2.20. The van der Waals surface area contributed by atoms with E-state index in [1.54, 1.807) is 0 Å². The van der Waals surface area contributed by atoms with Crippen molar-refractivity contribution in [1.29, 1.82) is 0 Å². The molecule has 0 amide bonds. The van der Waals surface area contributed by atoms with Crippen LogP contribution in [-0.2, 0) is 4.74 Å². The van der Waals surface area contributed by atoms with Gasteiger partial charge in [-0.15, -0.1) is 0 Å². The van der Waals surface area contributed by atoms with E-state index in [4.69, 9.17) is 0 Å². The lowest BCUT2D eigenvalue weighted by molar-refractivity contribution is 0.200. The van der Waals surface area contributed by atoms with E-state index in [1.165, 1.54) is 18.9 Å². The zero-order valence-electron chi connectivity index (χ0n) is 6.63. The standard InChI is InChI=1S/C7H13NO2S/c1-10-7(9)11-6-3-2-4-8-5-6/h6,8H,2-5H2,1H3. The Morgan fingerprint density at radius 2 is 2.55 bits per heavy atom. The van der Waals surface area contributed by atoms with E-state index in [-0.39, 0.29) is 5.30 Å². The Bertz CT molecular complexity index is 134. The number of thioether (sulfide) groups is 1. The second-order valence-corrected chi connectivity index (χ2v) is 3.78. The average molecular weight is 175 g/mol. The van der Waals surface area contributed by atoms with E-state index in [2.05, 4.69) is 10.1 Å². The second-order valence-electron chi connectivity index (χ2n) is 2.54. The zero-order chi connectivity index (χ0) is 8.10. The Labute approximate surface area is 70.9 Å². The van der Waals surface area contributed by atoms with Crippen molar-refractivity contribution in [3.05, 3.63) is 0 Å². The fourth-order valence-corrected chi connectivity index (χ4v) is 1.96. The lowest BCUT2D eigenvalue weighted by Crippen LogP contribution is -2.32. The summed E-state index contributed by atoms with van der Waals surface area (Å²) in [4.78, 5) is 10.8. The monoisotopic (exact) mass is 175 g/mol. The van der Waals surface area contributed by atoms with Gasteiger partial charge in [0.15, 0.2) is 0 Å². The Morgan fingerprint density at radius 3 is 3.09 bits per heavy atom. The highest BCUT2D eigenvalue weighted by atomic mass is 32.2. The van der Waals surface area contributed by atoms with Crippen LogP contribution in [0.25, 0.3) is 0 Å². The molecule has 1 saturated heterocycles. The minimum atomic E-state index is -0.168. The number of hydrogen-bond donors (Lipinski definition) is 1. The molecule has 1 unspecified atom stereocenters. The number of rotatable bonds is 1. The van der Waals surface area contributed by atoms with Crippen LogP contribution in [0.1, 0.15) is 12.8 Å². The Balaban J connectivity index is 2.19. The van der Waals surface area contributed by atoms with Gasteiger partial charge in [-0.05, 0) is 31.1 Å². The van der Waals surface area contributed by atoms with Gasteiger partial charge in [0.1, 0.15) is 0 Å². The number of methoxy groups -OCH3 is 1. The van der Waals surface area contributed by atoms with Gasteiger partial charge in [-0.25, -0.2) is 4.79 Å². The highest BCUT2D eigenvalue weighted by molar-refractivity contribution is 8.13. The predicted octanol–water partition coefficient (Wildman–Crippen LogP) is 1.24. The van der Waals surface area contributed by atoms with Crippen molar-refractivity contribution in [3.63, 3.8) is 0 Å². The highest BCUT2D eigenvalue weighted by Gasteiger charge is 2.17. The maximum atomic E-state index is 10.8. The van der Waals surface area contributed by atoms with Crippen LogP contribution >= 0.6 is 11.8 Å². The largest absolute Gasteiger partial charge is 0.461 e. The van der Waals surface area contributed by atoms with E-state index < -0.39 is 0 Å². The van der Waals surface area contributed by atoms with Gasteiger partial charge < -0.3 is 10.1 Å². The van der Waals surface area contributed by atoms with E-state index in [0.717, 1.165) is 25.9 Å². The molecule has 11 heavy (non-hydrogen) atoms. The number of piperidine rings is 1. The molecular weight excluding hydrogens is 162 g/mol. The van der Waals surface area contributed by atoms with Gasteiger partial charge in [-0.1, -0.05) is 0 Å². The van der Waals surface area contributed by atoms with Crippen LogP contribution in [0.4, 0.5) is 4.79 Å². The molecule has 1 atom stereocenters. The van der Waals surface area contributed by atoms with Crippen molar-refractivity contribution in [1.82, 2.24) is 5.32 Å². The Kier molecular flexibility index (Phi) is 3.72. The first kappa shape index (κ1) is 8.87. The fourth-order valence-electron chi connectivity index (χ4n) is 1.10. The molecule has 1 N–H and O–H groups in total. The molecule has 3 nitrogen and oxygen atoms in total. The first-order valence-corrected chi connectivity index (χ1v) is 4.66. The van der Waals surface area contributed by atoms with Crippen LogP contribution in [-0.4, -0.2) is 30.8 Å². The molecule has 4 heteroatoms. The molecule has 0 aromatic rings. The Hall–Kier alpha value is -0.220. The minimum absolute atomic E-state index is 0.168. The molecule has 1 aliphatic heterocycles. The van der Waals surface area contributed by atoms with Crippen molar-refractivity contribution < 1.29 is 9.53 Å². The topological polar surface area (TPSA) is 38.3 Å². The molecule has 64 valence electrons. The molecule has 0 aromatic heterocycles. The zero-order valence-corrected chi connectivity index (χ0v) is 7.45. The number of hydrogen-bond acceptors (Lipinski definition) is 4. The average Bonchev–Trinajstić information content (AvgIpc) is 2.06. The van der Waals surface area contributed by atoms with Gasteiger partial charge >= 0.3 is 5.30 Å². The van der Waals surface area contributed by atoms with Gasteiger partial charge in [0.25, 0.3) is 0 Å². The third kappa shape index (κ3) is 3.12. The number of ether oxygens (including phenoxy) is 1. The number of carbonyl (C=O) groups excluding carboxylic acids is 1. The number of carbonyl (C=O) groups is 1. The molecule has 1 aliphatic rings. The van der Waals surface area contributed by atoms with Gasteiger partial charge in [-0.3, -0.25) is 0 Å². The second kappa shape index (κ2) is 4.62. The molecule has 0 bridgehead atoms. The van der Waals surface area contributed by atoms with Crippen LogP contribution in [0.5, 0.6) is 0 Å². The normalized spacial score (nSPS) is 24.6. The van der Waals surface area contributed by atoms with Crippen LogP contribution < -0.4 is 5.32 Å². The van der Waals surface area contributed by atoms with Crippen molar-refractivity contribution in [2.75, 3.05) is 20.2 Å². The lowest BCUT2D eigenvalue weighted by atomic mass is 10.2. The van der Waals surface area contributed by atoms with Crippen LogP contribution in [0, 0.1) is 0 Å². The van der Waals surface area contributed by atoms with Crippen molar-refractivity contribution in [2.24, 2.45) is 0 Å². The third-order valence-corrected chi connectivity index (χ3v) is 2.78. The molecule has 1 heterocycles. The highest BCUT2D eigenvalue weighted by Crippen LogP contribution is 2.19. The van der Waals surface area contributed by atoms with E-state index in [0.29, 0.717) is 5.25 Å². The summed E-state index contributed by atoms with van der Waals surface area (Å²) >= 11 is 1.30.